The highest BCUT2D eigenvalue weighted by Gasteiger charge is 2.07. The van der Waals surface area contributed by atoms with Crippen molar-refractivity contribution >= 4 is 33.9 Å². The van der Waals surface area contributed by atoms with Crippen LogP contribution in [0, 0.1) is 8.80 Å². The quantitative estimate of drug-likeness (QED) is 0.824. The van der Waals surface area contributed by atoms with Crippen LogP contribution in [-0.2, 0) is 6.54 Å². The van der Waals surface area contributed by atoms with Gasteiger partial charge in [-0.25, -0.2) is 4.98 Å². The Morgan fingerprint density at radius 2 is 2.35 bits per heavy atom. The van der Waals surface area contributed by atoms with E-state index in [1.54, 1.807) is 17.5 Å². The molecule has 0 aromatic carbocycles. The van der Waals surface area contributed by atoms with Crippen molar-refractivity contribution in [2.24, 2.45) is 5.92 Å². The summed E-state index contributed by atoms with van der Waals surface area (Å²) >= 11 is 4.02. The van der Waals surface area contributed by atoms with Crippen LogP contribution in [0.2, 0.25) is 0 Å². The van der Waals surface area contributed by atoms with E-state index in [0.29, 0.717) is 12.5 Å². The van der Waals surface area contributed by atoms with Crippen LogP contribution in [-0.4, -0.2) is 11.5 Å². The molecule has 0 saturated heterocycles. The molecule has 0 aliphatic rings. The van der Waals surface area contributed by atoms with Crippen molar-refractivity contribution in [3.05, 3.63) is 26.4 Å². The smallest absolute Gasteiger partial charge is 0.208 e. The molecule has 1 N–H and O–H groups in total. The van der Waals surface area contributed by atoms with Crippen LogP contribution in [0.15, 0.2) is 22.1 Å². The van der Waals surface area contributed by atoms with Crippen LogP contribution in [0.4, 0.5) is 0 Å². The first kappa shape index (κ1) is 13.0. The lowest BCUT2D eigenvalue weighted by Gasteiger charge is -2.04. The minimum atomic E-state index is 0.642. The molecule has 0 bridgehead atoms. The number of hydrogen-bond acceptors (Lipinski definition) is 4. The Hall–Kier alpha value is -0.400. The van der Waals surface area contributed by atoms with E-state index in [1.807, 2.05) is 0 Å². The molecule has 2 aromatic rings. The van der Waals surface area contributed by atoms with Crippen LogP contribution in [0.1, 0.15) is 19.7 Å². The van der Waals surface area contributed by atoms with Crippen LogP contribution >= 0.6 is 33.9 Å². The van der Waals surface area contributed by atoms with Gasteiger partial charge >= 0.3 is 0 Å². The molecule has 0 spiro atoms. The van der Waals surface area contributed by atoms with Gasteiger partial charge < -0.3 is 9.73 Å². The number of aromatic nitrogens is 1. The number of nitrogens with zero attached hydrogens (tertiary/aromatic N) is 1. The highest BCUT2D eigenvalue weighted by molar-refractivity contribution is 14.1. The molecular weight excluding hydrogens is 347 g/mol. The molecule has 0 amide bonds. The van der Waals surface area contributed by atoms with Crippen LogP contribution in [0.3, 0.4) is 0 Å². The van der Waals surface area contributed by atoms with Crippen molar-refractivity contribution < 1.29 is 4.42 Å². The lowest BCUT2D eigenvalue weighted by atomic mass is 10.2. The maximum absolute atomic E-state index is 5.69. The molecule has 0 aliphatic carbocycles. The summed E-state index contributed by atoms with van der Waals surface area (Å²) in [5.74, 6) is 2.25. The highest BCUT2D eigenvalue weighted by atomic mass is 127. The number of hydrogen-bond donors (Lipinski definition) is 1. The van der Waals surface area contributed by atoms with Crippen LogP contribution < -0.4 is 5.32 Å². The van der Waals surface area contributed by atoms with Crippen LogP contribution in [0.25, 0.3) is 11.3 Å². The van der Waals surface area contributed by atoms with E-state index in [1.165, 1.54) is 2.88 Å². The standard InChI is InChI=1S/C12H15IN2OS/c1-8(2)4-14-6-12-15-5-10(16-12)9-3-11(13)17-7-9/h3,5,7-8,14H,4,6H2,1-2H3. The van der Waals surface area contributed by atoms with Gasteiger partial charge in [0.1, 0.15) is 0 Å². The molecule has 3 nitrogen and oxygen atoms in total. The molecule has 0 fully saturated rings. The Labute approximate surface area is 119 Å². The Bertz CT molecular complexity index is 478. The molecule has 0 unspecified atom stereocenters. The summed E-state index contributed by atoms with van der Waals surface area (Å²) in [5.41, 5.74) is 1.11. The molecule has 0 aliphatic heterocycles. The van der Waals surface area contributed by atoms with Crippen molar-refractivity contribution in [2.75, 3.05) is 6.54 Å². The second-order valence-corrected chi connectivity index (χ2v) is 7.09. The lowest BCUT2D eigenvalue weighted by molar-refractivity contribution is 0.459. The average molecular weight is 362 g/mol. The second-order valence-electron chi connectivity index (χ2n) is 4.28. The van der Waals surface area contributed by atoms with E-state index in [-0.39, 0.29) is 0 Å². The summed E-state index contributed by atoms with van der Waals surface area (Å²) in [5, 5.41) is 5.41. The summed E-state index contributed by atoms with van der Waals surface area (Å²) in [6.45, 7) is 6.04. The fourth-order valence-corrected chi connectivity index (χ4v) is 2.77. The first-order valence-corrected chi connectivity index (χ1v) is 7.51. The molecule has 2 heterocycles. The number of oxazole rings is 1. The van der Waals surface area contributed by atoms with Gasteiger partial charge in [-0.05, 0) is 41.1 Å². The Morgan fingerprint density at radius 1 is 1.53 bits per heavy atom. The first-order valence-electron chi connectivity index (χ1n) is 5.55. The Kier molecular flexibility index (Phi) is 4.58. The van der Waals surface area contributed by atoms with Gasteiger partial charge in [0.15, 0.2) is 5.76 Å². The van der Waals surface area contributed by atoms with Crippen molar-refractivity contribution in [1.29, 1.82) is 0 Å². The summed E-state index contributed by atoms with van der Waals surface area (Å²) in [4.78, 5) is 4.27. The minimum absolute atomic E-state index is 0.642. The summed E-state index contributed by atoms with van der Waals surface area (Å²) in [6.07, 6.45) is 1.80. The second kappa shape index (κ2) is 5.97. The van der Waals surface area contributed by atoms with Gasteiger partial charge in [0.25, 0.3) is 0 Å². The molecule has 2 rings (SSSR count). The summed E-state index contributed by atoms with van der Waals surface area (Å²) in [7, 11) is 0. The van der Waals surface area contributed by atoms with E-state index >= 15 is 0 Å². The number of nitrogens with one attached hydrogen (secondary N) is 1. The van der Waals surface area contributed by atoms with Gasteiger partial charge in [-0.15, -0.1) is 11.3 Å². The molecule has 17 heavy (non-hydrogen) atoms. The summed E-state index contributed by atoms with van der Waals surface area (Å²) in [6, 6.07) is 2.11. The van der Waals surface area contributed by atoms with Gasteiger partial charge in [-0.1, -0.05) is 13.8 Å². The monoisotopic (exact) mass is 362 g/mol. The van der Waals surface area contributed by atoms with Crippen molar-refractivity contribution in [1.82, 2.24) is 10.3 Å². The van der Waals surface area contributed by atoms with E-state index in [9.17, 15) is 0 Å². The van der Waals surface area contributed by atoms with Crippen molar-refractivity contribution in [2.45, 2.75) is 20.4 Å². The molecule has 0 radical (unpaired) electrons. The zero-order chi connectivity index (χ0) is 12.3. The Balaban J connectivity index is 1.96. The van der Waals surface area contributed by atoms with Gasteiger partial charge in [0.05, 0.1) is 15.6 Å². The number of halogens is 1. The molecule has 5 heteroatoms. The van der Waals surface area contributed by atoms with E-state index in [2.05, 4.69) is 58.2 Å². The normalized spacial score (nSPS) is 11.3. The highest BCUT2D eigenvalue weighted by Crippen LogP contribution is 2.26. The van der Waals surface area contributed by atoms with E-state index in [0.717, 1.165) is 23.8 Å². The average Bonchev–Trinajstić information content (AvgIpc) is 2.86. The molecule has 92 valence electrons. The summed E-state index contributed by atoms with van der Waals surface area (Å²) < 4.78 is 6.95. The third-order valence-corrected chi connectivity index (χ3v) is 4.02. The van der Waals surface area contributed by atoms with Gasteiger partial charge in [0, 0.05) is 10.9 Å². The third-order valence-electron chi connectivity index (χ3n) is 2.23. The first-order chi connectivity index (χ1) is 8.15. The molecular formula is C12H15IN2OS. The van der Waals surface area contributed by atoms with Crippen molar-refractivity contribution in [3.63, 3.8) is 0 Å². The third kappa shape index (κ3) is 3.79. The lowest BCUT2D eigenvalue weighted by Crippen LogP contribution is -2.18. The Morgan fingerprint density at radius 3 is 3.00 bits per heavy atom. The fourth-order valence-electron chi connectivity index (χ4n) is 1.43. The topological polar surface area (TPSA) is 38.1 Å². The number of thiophene rings is 1. The zero-order valence-electron chi connectivity index (χ0n) is 9.87. The predicted molar refractivity (Wildman–Crippen MR) is 79.1 cm³/mol. The van der Waals surface area contributed by atoms with Gasteiger partial charge in [-0.2, -0.15) is 0 Å². The maximum Gasteiger partial charge on any atom is 0.208 e. The fraction of sp³-hybridized carbons (Fsp3) is 0.417. The van der Waals surface area contributed by atoms with E-state index in [4.69, 9.17) is 4.42 Å². The van der Waals surface area contributed by atoms with Crippen LogP contribution in [0.5, 0.6) is 0 Å². The van der Waals surface area contributed by atoms with Crippen molar-refractivity contribution in [3.8, 4) is 11.3 Å². The minimum Gasteiger partial charge on any atom is -0.439 e. The van der Waals surface area contributed by atoms with E-state index < -0.39 is 0 Å². The predicted octanol–water partition coefficient (Wildman–Crippen LogP) is 3.75. The maximum atomic E-state index is 5.69. The molecule has 0 saturated carbocycles. The molecule has 0 atom stereocenters. The number of rotatable bonds is 5. The van der Waals surface area contributed by atoms with Gasteiger partial charge in [0.2, 0.25) is 5.89 Å². The SMILES string of the molecule is CC(C)CNCc1ncc(-c2csc(I)c2)o1. The zero-order valence-corrected chi connectivity index (χ0v) is 12.8. The molecule has 2 aromatic heterocycles. The van der Waals surface area contributed by atoms with Gasteiger partial charge in [-0.3, -0.25) is 0 Å². The largest absolute Gasteiger partial charge is 0.439 e.